The van der Waals surface area contributed by atoms with Crippen molar-refractivity contribution in [1.82, 2.24) is 9.97 Å². The van der Waals surface area contributed by atoms with Crippen LogP contribution in [0.15, 0.2) is 72.9 Å². The number of carbonyl (C=O) groups excluding carboxylic acids is 1. The number of benzene rings is 3. The van der Waals surface area contributed by atoms with Gasteiger partial charge < -0.3 is 14.2 Å². The summed E-state index contributed by atoms with van der Waals surface area (Å²) >= 11 is 1.37. The van der Waals surface area contributed by atoms with E-state index in [2.05, 4.69) is 15.3 Å². The monoisotopic (exact) mass is 457 g/mol. The van der Waals surface area contributed by atoms with Crippen molar-refractivity contribution >= 4 is 43.5 Å². The van der Waals surface area contributed by atoms with Crippen LogP contribution in [0, 0.1) is 0 Å². The van der Waals surface area contributed by atoms with Crippen molar-refractivity contribution in [2.75, 3.05) is 19.5 Å². The predicted octanol–water partition coefficient (Wildman–Crippen LogP) is 5.91. The summed E-state index contributed by atoms with van der Waals surface area (Å²) < 4.78 is 17.6. The zero-order chi connectivity index (χ0) is 22.8. The fourth-order valence-electron chi connectivity index (χ4n) is 3.46. The third kappa shape index (κ3) is 4.16. The van der Waals surface area contributed by atoms with Gasteiger partial charge in [0.2, 0.25) is 0 Å². The average Bonchev–Trinajstić information content (AvgIpc) is 3.25. The van der Waals surface area contributed by atoms with Crippen LogP contribution < -0.4 is 19.5 Å². The molecule has 0 atom stereocenters. The second-order valence-corrected chi connectivity index (χ2v) is 8.13. The third-order valence-electron chi connectivity index (χ3n) is 5.07. The lowest BCUT2D eigenvalue weighted by molar-refractivity contribution is 0.102. The number of hydrogen-bond acceptors (Lipinski definition) is 7. The maximum absolute atomic E-state index is 12.7. The number of amides is 1. The van der Waals surface area contributed by atoms with E-state index in [0.717, 1.165) is 26.9 Å². The molecule has 2 aromatic heterocycles. The lowest BCUT2D eigenvalue weighted by atomic mass is 10.2. The fourth-order valence-corrected chi connectivity index (χ4v) is 4.35. The van der Waals surface area contributed by atoms with Crippen molar-refractivity contribution in [1.29, 1.82) is 0 Å². The summed E-state index contributed by atoms with van der Waals surface area (Å²) in [6.07, 6.45) is 1.70. The van der Waals surface area contributed by atoms with E-state index in [1.54, 1.807) is 31.5 Å². The molecule has 0 radical (unpaired) electrons. The quantitative estimate of drug-likeness (QED) is 0.342. The number of fused-ring (bicyclic) bond motifs is 2. The number of methoxy groups -OCH3 is 2. The van der Waals surface area contributed by atoms with Gasteiger partial charge in [-0.3, -0.25) is 15.1 Å². The Morgan fingerprint density at radius 2 is 1.73 bits per heavy atom. The van der Waals surface area contributed by atoms with Crippen LogP contribution in [0.2, 0.25) is 0 Å². The Morgan fingerprint density at radius 3 is 2.58 bits per heavy atom. The van der Waals surface area contributed by atoms with Gasteiger partial charge in [-0.25, -0.2) is 4.98 Å². The molecule has 0 aliphatic carbocycles. The molecule has 5 aromatic rings. The summed E-state index contributed by atoms with van der Waals surface area (Å²) in [4.78, 5) is 21.6. The molecule has 7 nitrogen and oxygen atoms in total. The highest BCUT2D eigenvalue weighted by molar-refractivity contribution is 7.22. The molecule has 0 bridgehead atoms. The minimum absolute atomic E-state index is 0.276. The second kappa shape index (κ2) is 8.76. The number of rotatable bonds is 6. The number of pyridine rings is 1. The first-order valence-corrected chi connectivity index (χ1v) is 10.9. The van der Waals surface area contributed by atoms with Gasteiger partial charge in [-0.05, 0) is 42.5 Å². The number of aromatic nitrogens is 2. The van der Waals surface area contributed by atoms with Crippen molar-refractivity contribution in [3.05, 3.63) is 78.5 Å². The number of nitrogens with zero attached hydrogens (tertiary/aromatic N) is 2. The summed E-state index contributed by atoms with van der Waals surface area (Å²) in [5.41, 5.74) is 2.00. The molecular weight excluding hydrogens is 438 g/mol. The van der Waals surface area contributed by atoms with Crippen molar-refractivity contribution in [2.45, 2.75) is 0 Å². The SMILES string of the molecule is COc1ccc2c(Oc3ccc4nc(NC(=O)c5ccccc5OC)sc4c3)ccnc2c1. The molecule has 3 aromatic carbocycles. The number of ether oxygens (including phenoxy) is 3. The van der Waals surface area contributed by atoms with Crippen molar-refractivity contribution in [2.24, 2.45) is 0 Å². The van der Waals surface area contributed by atoms with Gasteiger partial charge in [0.1, 0.15) is 23.0 Å². The molecular formula is C25H19N3O4S. The topological polar surface area (TPSA) is 82.6 Å². The zero-order valence-corrected chi connectivity index (χ0v) is 18.7. The molecule has 8 heteroatoms. The number of hydrogen-bond donors (Lipinski definition) is 1. The molecule has 0 fully saturated rings. The summed E-state index contributed by atoms with van der Waals surface area (Å²) in [7, 11) is 3.16. The van der Waals surface area contributed by atoms with Gasteiger partial charge in [-0.1, -0.05) is 23.5 Å². The lowest BCUT2D eigenvalue weighted by Gasteiger charge is -2.09. The number of nitrogens with one attached hydrogen (secondary N) is 1. The Labute approximate surface area is 193 Å². The predicted molar refractivity (Wildman–Crippen MR) is 129 cm³/mol. The molecule has 0 unspecified atom stereocenters. The van der Waals surface area contributed by atoms with E-state index in [1.807, 2.05) is 48.5 Å². The highest BCUT2D eigenvalue weighted by Gasteiger charge is 2.14. The lowest BCUT2D eigenvalue weighted by Crippen LogP contribution is -2.12. The van der Waals surface area contributed by atoms with E-state index in [-0.39, 0.29) is 5.91 Å². The number of anilines is 1. The van der Waals surface area contributed by atoms with Gasteiger partial charge in [0, 0.05) is 23.7 Å². The molecule has 2 heterocycles. The summed E-state index contributed by atoms with van der Waals surface area (Å²) in [6, 6.07) is 20.2. The normalized spacial score (nSPS) is 10.8. The van der Waals surface area contributed by atoms with Crippen LogP contribution >= 0.6 is 11.3 Å². The van der Waals surface area contributed by atoms with Crippen LogP contribution in [0.4, 0.5) is 5.13 Å². The Bertz CT molecular complexity index is 1480. The highest BCUT2D eigenvalue weighted by Crippen LogP contribution is 2.34. The van der Waals surface area contributed by atoms with Gasteiger partial charge in [0.05, 0.1) is 35.5 Å². The molecule has 0 aliphatic heterocycles. The molecule has 0 saturated carbocycles. The summed E-state index contributed by atoms with van der Waals surface area (Å²) in [5, 5.41) is 4.24. The second-order valence-electron chi connectivity index (χ2n) is 7.10. The van der Waals surface area contributed by atoms with Crippen LogP contribution in [0.3, 0.4) is 0 Å². The van der Waals surface area contributed by atoms with Gasteiger partial charge in [0.15, 0.2) is 5.13 Å². The Kier molecular flexibility index (Phi) is 5.50. The van der Waals surface area contributed by atoms with Gasteiger partial charge in [0.25, 0.3) is 5.91 Å². The van der Waals surface area contributed by atoms with Gasteiger partial charge >= 0.3 is 0 Å². The van der Waals surface area contributed by atoms with Crippen LogP contribution in [0.5, 0.6) is 23.0 Å². The summed E-state index contributed by atoms with van der Waals surface area (Å²) in [5.74, 6) is 2.32. The molecule has 0 spiro atoms. The molecule has 1 N–H and O–H groups in total. The van der Waals surface area contributed by atoms with Gasteiger partial charge in [-0.2, -0.15) is 0 Å². The van der Waals surface area contributed by atoms with Crippen molar-refractivity contribution < 1.29 is 19.0 Å². The highest BCUT2D eigenvalue weighted by atomic mass is 32.1. The molecule has 0 saturated heterocycles. The molecule has 164 valence electrons. The van der Waals surface area contributed by atoms with Gasteiger partial charge in [-0.15, -0.1) is 0 Å². The maximum atomic E-state index is 12.7. The Balaban J connectivity index is 1.40. The van der Waals surface area contributed by atoms with E-state index in [0.29, 0.717) is 27.9 Å². The van der Waals surface area contributed by atoms with E-state index in [1.165, 1.54) is 18.4 Å². The molecule has 1 amide bonds. The number of para-hydroxylation sites is 1. The number of carbonyl (C=O) groups is 1. The molecule has 33 heavy (non-hydrogen) atoms. The minimum Gasteiger partial charge on any atom is -0.497 e. The van der Waals surface area contributed by atoms with Crippen molar-refractivity contribution in [3.63, 3.8) is 0 Å². The van der Waals surface area contributed by atoms with E-state index < -0.39 is 0 Å². The average molecular weight is 458 g/mol. The van der Waals surface area contributed by atoms with Crippen LogP contribution in [0.1, 0.15) is 10.4 Å². The largest absolute Gasteiger partial charge is 0.497 e. The Hall–Kier alpha value is -4.17. The smallest absolute Gasteiger partial charge is 0.261 e. The molecule has 0 aliphatic rings. The standard InChI is InChI=1S/C25H19N3O4S/c1-30-15-7-9-17-20(13-15)26-12-11-22(17)32-16-8-10-19-23(14-16)33-25(27-19)28-24(29)18-5-3-4-6-21(18)31-2/h3-14H,1-2H3,(H,27,28,29). The van der Waals surface area contributed by atoms with Crippen LogP contribution in [0.25, 0.3) is 21.1 Å². The zero-order valence-electron chi connectivity index (χ0n) is 17.9. The first-order chi connectivity index (χ1) is 16.1. The van der Waals surface area contributed by atoms with E-state index >= 15 is 0 Å². The summed E-state index contributed by atoms with van der Waals surface area (Å²) in [6.45, 7) is 0. The number of thiazole rings is 1. The first-order valence-electron chi connectivity index (χ1n) is 10.1. The van der Waals surface area contributed by atoms with Crippen LogP contribution in [-0.2, 0) is 0 Å². The third-order valence-corrected chi connectivity index (χ3v) is 6.00. The minimum atomic E-state index is -0.276. The maximum Gasteiger partial charge on any atom is 0.261 e. The Morgan fingerprint density at radius 1 is 0.879 bits per heavy atom. The first kappa shape index (κ1) is 20.7. The molecule has 5 rings (SSSR count). The van der Waals surface area contributed by atoms with E-state index in [4.69, 9.17) is 14.2 Å². The fraction of sp³-hybridized carbons (Fsp3) is 0.0800. The van der Waals surface area contributed by atoms with Crippen molar-refractivity contribution in [3.8, 4) is 23.0 Å². The van der Waals surface area contributed by atoms with E-state index in [9.17, 15) is 4.79 Å². The van der Waals surface area contributed by atoms with Crippen LogP contribution in [-0.4, -0.2) is 30.1 Å².